The third-order valence-corrected chi connectivity index (χ3v) is 4.73. The van der Waals surface area contributed by atoms with Crippen LogP contribution in [0.3, 0.4) is 0 Å². The topological polar surface area (TPSA) is 61.4 Å². The Kier molecular flexibility index (Phi) is 4.52. The SMILES string of the molecule is O=C(NN1C(=O)c2ccccc2NC1c1ccccc1Cl)c1ccccc1. The van der Waals surface area contributed by atoms with Gasteiger partial charge in [0.2, 0.25) is 0 Å². The number of carbonyl (C=O) groups excluding carboxylic acids is 2. The summed E-state index contributed by atoms with van der Waals surface area (Å²) < 4.78 is 0. The second kappa shape index (κ2) is 7.13. The molecule has 3 aromatic rings. The van der Waals surface area contributed by atoms with Crippen molar-refractivity contribution < 1.29 is 9.59 Å². The highest BCUT2D eigenvalue weighted by Crippen LogP contribution is 2.34. The van der Waals surface area contributed by atoms with E-state index in [1.54, 1.807) is 42.5 Å². The molecule has 2 amide bonds. The molecule has 0 aromatic heterocycles. The van der Waals surface area contributed by atoms with Crippen LogP contribution in [0.15, 0.2) is 78.9 Å². The molecular weight excluding hydrogens is 362 g/mol. The van der Waals surface area contributed by atoms with Crippen LogP contribution in [0.5, 0.6) is 0 Å². The Hall–Kier alpha value is -3.31. The first-order valence-electron chi connectivity index (χ1n) is 8.45. The standard InChI is InChI=1S/C21H16ClN3O2/c22-17-12-6-4-10-15(17)19-23-18-13-7-5-11-16(18)21(27)25(19)24-20(26)14-8-2-1-3-9-14/h1-13,19,23H,(H,24,26). The summed E-state index contributed by atoms with van der Waals surface area (Å²) >= 11 is 6.36. The number of hydrogen-bond acceptors (Lipinski definition) is 3. The van der Waals surface area contributed by atoms with Gasteiger partial charge in [0.25, 0.3) is 11.8 Å². The second-order valence-electron chi connectivity index (χ2n) is 6.10. The zero-order chi connectivity index (χ0) is 18.8. The highest BCUT2D eigenvalue weighted by Gasteiger charge is 2.35. The number of nitrogens with zero attached hydrogens (tertiary/aromatic N) is 1. The molecule has 0 spiro atoms. The number of amides is 2. The molecule has 2 N–H and O–H groups in total. The van der Waals surface area contributed by atoms with E-state index in [0.717, 1.165) is 0 Å². The number of hydrazine groups is 1. The van der Waals surface area contributed by atoms with Crippen LogP contribution in [0.2, 0.25) is 5.02 Å². The van der Waals surface area contributed by atoms with Crippen LogP contribution in [-0.4, -0.2) is 16.8 Å². The normalized spacial score (nSPS) is 15.7. The first kappa shape index (κ1) is 17.1. The molecule has 4 rings (SSSR count). The molecular formula is C21H16ClN3O2. The van der Waals surface area contributed by atoms with Gasteiger partial charge in [-0.1, -0.05) is 60.1 Å². The van der Waals surface area contributed by atoms with Gasteiger partial charge in [-0.15, -0.1) is 0 Å². The number of fused-ring (bicyclic) bond motifs is 1. The van der Waals surface area contributed by atoms with Gasteiger partial charge in [0.05, 0.1) is 5.56 Å². The van der Waals surface area contributed by atoms with Crippen molar-refractivity contribution in [2.24, 2.45) is 0 Å². The molecule has 0 radical (unpaired) electrons. The van der Waals surface area contributed by atoms with Gasteiger partial charge in [0, 0.05) is 21.8 Å². The van der Waals surface area contributed by atoms with Crippen LogP contribution in [0.1, 0.15) is 32.4 Å². The molecule has 1 aliphatic rings. The number of rotatable bonds is 3. The summed E-state index contributed by atoms with van der Waals surface area (Å²) in [5, 5.41) is 5.09. The van der Waals surface area contributed by atoms with Crippen molar-refractivity contribution in [2.45, 2.75) is 6.17 Å². The molecule has 1 heterocycles. The number of benzene rings is 3. The summed E-state index contributed by atoms with van der Waals surface area (Å²) in [5.41, 5.74) is 5.05. The van der Waals surface area contributed by atoms with Gasteiger partial charge in [0.1, 0.15) is 6.17 Å². The minimum absolute atomic E-state index is 0.307. The maximum absolute atomic E-state index is 13.1. The molecule has 1 unspecified atom stereocenters. The van der Waals surface area contributed by atoms with E-state index in [1.807, 2.05) is 36.4 Å². The van der Waals surface area contributed by atoms with E-state index in [1.165, 1.54) is 5.01 Å². The summed E-state index contributed by atoms with van der Waals surface area (Å²) in [7, 11) is 0. The maximum atomic E-state index is 13.1. The van der Waals surface area contributed by atoms with Crippen LogP contribution in [-0.2, 0) is 0 Å². The Morgan fingerprint density at radius 1 is 0.926 bits per heavy atom. The van der Waals surface area contributed by atoms with Crippen molar-refractivity contribution in [2.75, 3.05) is 5.32 Å². The van der Waals surface area contributed by atoms with Crippen molar-refractivity contribution >= 4 is 29.1 Å². The molecule has 1 atom stereocenters. The van der Waals surface area contributed by atoms with Gasteiger partial charge >= 0.3 is 0 Å². The van der Waals surface area contributed by atoms with E-state index in [-0.39, 0.29) is 11.8 Å². The van der Waals surface area contributed by atoms with Gasteiger partial charge in [-0.25, -0.2) is 5.01 Å². The number of anilines is 1. The summed E-state index contributed by atoms with van der Waals surface area (Å²) in [5.74, 6) is -0.680. The maximum Gasteiger partial charge on any atom is 0.276 e. The lowest BCUT2D eigenvalue weighted by molar-refractivity contribution is 0.0491. The van der Waals surface area contributed by atoms with Crippen molar-refractivity contribution in [1.82, 2.24) is 10.4 Å². The summed E-state index contributed by atoms with van der Waals surface area (Å²) in [6.07, 6.45) is -0.631. The molecule has 134 valence electrons. The predicted molar refractivity (Wildman–Crippen MR) is 104 cm³/mol. The lowest BCUT2D eigenvalue weighted by Gasteiger charge is -2.38. The number of nitrogens with one attached hydrogen (secondary N) is 2. The van der Waals surface area contributed by atoms with Gasteiger partial charge < -0.3 is 5.32 Å². The fourth-order valence-corrected chi connectivity index (χ4v) is 3.29. The number of para-hydroxylation sites is 1. The van der Waals surface area contributed by atoms with Gasteiger partial charge in [-0.05, 0) is 30.3 Å². The molecule has 6 heteroatoms. The number of hydrogen-bond donors (Lipinski definition) is 2. The summed E-state index contributed by atoms with van der Waals surface area (Å²) in [4.78, 5) is 25.8. The second-order valence-corrected chi connectivity index (χ2v) is 6.50. The van der Waals surface area contributed by atoms with Crippen molar-refractivity contribution in [3.05, 3.63) is 101 Å². The fourth-order valence-electron chi connectivity index (χ4n) is 3.05. The van der Waals surface area contributed by atoms with Crippen LogP contribution in [0.4, 0.5) is 5.69 Å². The Morgan fingerprint density at radius 3 is 2.37 bits per heavy atom. The van der Waals surface area contributed by atoms with Crippen LogP contribution in [0.25, 0.3) is 0 Å². The molecule has 5 nitrogen and oxygen atoms in total. The van der Waals surface area contributed by atoms with E-state index in [2.05, 4.69) is 10.7 Å². The Bertz CT molecular complexity index is 1010. The number of carbonyl (C=O) groups is 2. The van der Waals surface area contributed by atoms with Gasteiger partial charge in [0.15, 0.2) is 0 Å². The zero-order valence-corrected chi connectivity index (χ0v) is 15.0. The number of halogens is 1. The quantitative estimate of drug-likeness (QED) is 0.717. The van der Waals surface area contributed by atoms with E-state index in [0.29, 0.717) is 27.4 Å². The zero-order valence-electron chi connectivity index (χ0n) is 14.2. The first-order valence-corrected chi connectivity index (χ1v) is 8.82. The average molecular weight is 378 g/mol. The minimum atomic E-state index is -0.631. The minimum Gasteiger partial charge on any atom is -0.359 e. The lowest BCUT2D eigenvalue weighted by Crippen LogP contribution is -2.52. The molecule has 27 heavy (non-hydrogen) atoms. The average Bonchev–Trinajstić information content (AvgIpc) is 2.71. The Balaban J connectivity index is 1.74. The van der Waals surface area contributed by atoms with Crippen LogP contribution in [0, 0.1) is 0 Å². The van der Waals surface area contributed by atoms with Crippen molar-refractivity contribution in [3.63, 3.8) is 0 Å². The molecule has 1 aliphatic heterocycles. The first-order chi connectivity index (χ1) is 13.1. The summed E-state index contributed by atoms with van der Waals surface area (Å²) in [6, 6.07) is 23.2. The highest BCUT2D eigenvalue weighted by molar-refractivity contribution is 6.31. The van der Waals surface area contributed by atoms with E-state index >= 15 is 0 Å². The molecule has 0 fully saturated rings. The third kappa shape index (κ3) is 3.25. The van der Waals surface area contributed by atoms with Crippen LogP contribution >= 0.6 is 11.6 Å². The largest absolute Gasteiger partial charge is 0.359 e. The Morgan fingerprint density at radius 2 is 1.59 bits per heavy atom. The molecule has 0 saturated heterocycles. The Labute approximate surface area is 161 Å². The lowest BCUT2D eigenvalue weighted by atomic mass is 10.0. The predicted octanol–water partition coefficient (Wildman–Crippen LogP) is 4.25. The monoisotopic (exact) mass is 377 g/mol. The highest BCUT2D eigenvalue weighted by atomic mass is 35.5. The van der Waals surface area contributed by atoms with E-state index < -0.39 is 6.17 Å². The molecule has 0 saturated carbocycles. The molecule has 0 bridgehead atoms. The molecule has 0 aliphatic carbocycles. The smallest absolute Gasteiger partial charge is 0.276 e. The van der Waals surface area contributed by atoms with Crippen molar-refractivity contribution in [1.29, 1.82) is 0 Å². The molecule has 3 aromatic carbocycles. The van der Waals surface area contributed by atoms with Crippen LogP contribution < -0.4 is 10.7 Å². The van der Waals surface area contributed by atoms with Gasteiger partial charge in [-0.3, -0.25) is 15.0 Å². The summed E-state index contributed by atoms with van der Waals surface area (Å²) in [6.45, 7) is 0. The van der Waals surface area contributed by atoms with Gasteiger partial charge in [-0.2, -0.15) is 0 Å². The van der Waals surface area contributed by atoms with Crippen molar-refractivity contribution in [3.8, 4) is 0 Å². The van der Waals surface area contributed by atoms with E-state index in [4.69, 9.17) is 11.6 Å². The van der Waals surface area contributed by atoms with E-state index in [9.17, 15) is 9.59 Å². The third-order valence-electron chi connectivity index (χ3n) is 4.38. The fraction of sp³-hybridized carbons (Fsp3) is 0.0476.